The number of nitro benzene ring substituents is 1. The Bertz CT molecular complexity index is 1140. The van der Waals surface area contributed by atoms with Crippen LogP contribution in [0.2, 0.25) is 10.0 Å². The number of rotatable bonds is 6. The summed E-state index contributed by atoms with van der Waals surface area (Å²) in [4.78, 5) is 25.2. The molecule has 2 unspecified atom stereocenters. The van der Waals surface area contributed by atoms with Crippen LogP contribution in [-0.4, -0.2) is 24.0 Å². The van der Waals surface area contributed by atoms with Gasteiger partial charge in [-0.05, 0) is 60.2 Å². The highest BCUT2D eigenvalue weighted by molar-refractivity contribution is 6.35. The molecular weight excluding hydrogens is 443 g/mol. The molecule has 3 aromatic carbocycles. The Labute approximate surface area is 187 Å². The molecule has 0 spiro atoms. The average Bonchev–Trinajstić information content (AvgIpc) is 2.77. The third-order valence-electron chi connectivity index (χ3n) is 4.99. The summed E-state index contributed by atoms with van der Waals surface area (Å²) >= 11 is 12.2. The van der Waals surface area contributed by atoms with Crippen molar-refractivity contribution in [3.8, 4) is 11.5 Å². The fourth-order valence-electron chi connectivity index (χ4n) is 3.43. The van der Waals surface area contributed by atoms with Crippen LogP contribution in [0.5, 0.6) is 11.5 Å². The quantitative estimate of drug-likeness (QED) is 0.278. The first-order valence-corrected chi connectivity index (χ1v) is 9.98. The van der Waals surface area contributed by atoms with E-state index in [1.807, 2.05) is 0 Å². The highest BCUT2D eigenvalue weighted by Crippen LogP contribution is 2.43. The van der Waals surface area contributed by atoms with E-state index in [9.17, 15) is 14.9 Å². The number of anilines is 1. The van der Waals surface area contributed by atoms with Crippen LogP contribution in [0, 0.1) is 10.1 Å². The SMILES string of the molecule is COc1ccc(N2C(=O)C(Oc3ccc(Cl)cc3Cl)C2c2ccc([N+](=O)[O-])cc2)cc1. The van der Waals surface area contributed by atoms with Crippen molar-refractivity contribution in [3.05, 3.63) is 92.5 Å². The van der Waals surface area contributed by atoms with Gasteiger partial charge < -0.3 is 9.47 Å². The highest BCUT2D eigenvalue weighted by Gasteiger charge is 2.51. The predicted octanol–water partition coefficient (Wildman–Crippen LogP) is 5.45. The summed E-state index contributed by atoms with van der Waals surface area (Å²) < 4.78 is 11.1. The maximum Gasteiger partial charge on any atom is 0.271 e. The van der Waals surface area contributed by atoms with Crippen LogP contribution >= 0.6 is 23.2 Å². The minimum Gasteiger partial charge on any atom is -0.497 e. The van der Waals surface area contributed by atoms with Crippen LogP contribution in [0.15, 0.2) is 66.7 Å². The van der Waals surface area contributed by atoms with E-state index >= 15 is 0 Å². The number of halogens is 2. The van der Waals surface area contributed by atoms with Crippen LogP contribution in [0.25, 0.3) is 0 Å². The lowest BCUT2D eigenvalue weighted by molar-refractivity contribution is -0.384. The number of carbonyl (C=O) groups is 1. The Morgan fingerprint density at radius 3 is 2.26 bits per heavy atom. The van der Waals surface area contributed by atoms with Crippen molar-refractivity contribution in [1.29, 1.82) is 0 Å². The molecule has 1 saturated heterocycles. The van der Waals surface area contributed by atoms with Crippen LogP contribution in [-0.2, 0) is 4.79 Å². The second kappa shape index (κ2) is 8.45. The van der Waals surface area contributed by atoms with Gasteiger partial charge in [-0.2, -0.15) is 0 Å². The van der Waals surface area contributed by atoms with Crippen molar-refractivity contribution in [2.75, 3.05) is 12.0 Å². The number of nitrogens with zero attached hydrogens (tertiary/aromatic N) is 2. The molecule has 2 atom stereocenters. The first-order chi connectivity index (χ1) is 14.9. The molecule has 0 bridgehead atoms. The maximum absolute atomic E-state index is 13.1. The predicted molar refractivity (Wildman–Crippen MR) is 117 cm³/mol. The molecule has 7 nitrogen and oxygen atoms in total. The molecule has 1 amide bonds. The van der Waals surface area contributed by atoms with Crippen molar-refractivity contribution in [2.45, 2.75) is 12.1 Å². The molecule has 1 aliphatic rings. The average molecular weight is 459 g/mol. The van der Waals surface area contributed by atoms with E-state index in [0.29, 0.717) is 27.8 Å². The molecule has 3 aromatic rings. The highest BCUT2D eigenvalue weighted by atomic mass is 35.5. The van der Waals surface area contributed by atoms with E-state index in [0.717, 1.165) is 0 Å². The third kappa shape index (κ3) is 4.02. The number of benzene rings is 3. The van der Waals surface area contributed by atoms with E-state index in [2.05, 4.69) is 0 Å². The number of methoxy groups -OCH3 is 1. The zero-order chi connectivity index (χ0) is 22.1. The summed E-state index contributed by atoms with van der Waals surface area (Å²) in [6.45, 7) is 0. The van der Waals surface area contributed by atoms with Crippen LogP contribution in [0.1, 0.15) is 11.6 Å². The van der Waals surface area contributed by atoms with Gasteiger partial charge in [0.2, 0.25) is 6.10 Å². The zero-order valence-corrected chi connectivity index (χ0v) is 17.7. The summed E-state index contributed by atoms with van der Waals surface area (Å²) in [7, 11) is 1.56. The van der Waals surface area contributed by atoms with Crippen LogP contribution < -0.4 is 14.4 Å². The minimum absolute atomic E-state index is 0.0383. The molecule has 0 radical (unpaired) electrons. The fraction of sp³-hybridized carbons (Fsp3) is 0.136. The smallest absolute Gasteiger partial charge is 0.271 e. The van der Waals surface area contributed by atoms with Gasteiger partial charge >= 0.3 is 0 Å². The van der Waals surface area contributed by atoms with Crippen molar-refractivity contribution < 1.29 is 19.2 Å². The van der Waals surface area contributed by atoms with Crippen molar-refractivity contribution in [3.63, 3.8) is 0 Å². The standard InChI is InChI=1S/C22H16Cl2N2O5/c1-30-17-9-7-15(8-10-17)25-20(13-2-5-16(6-3-13)26(28)29)21(22(25)27)31-19-11-4-14(23)12-18(19)24/h2-12,20-21H,1H3. The zero-order valence-electron chi connectivity index (χ0n) is 16.2. The molecule has 0 saturated carbocycles. The Balaban J connectivity index is 1.69. The fourth-order valence-corrected chi connectivity index (χ4v) is 3.89. The molecule has 0 aromatic heterocycles. The largest absolute Gasteiger partial charge is 0.497 e. The van der Waals surface area contributed by atoms with E-state index in [4.69, 9.17) is 32.7 Å². The number of ether oxygens (including phenoxy) is 2. The molecule has 1 aliphatic heterocycles. The molecule has 4 rings (SSSR count). The van der Waals surface area contributed by atoms with Gasteiger partial charge in [0.05, 0.1) is 17.1 Å². The van der Waals surface area contributed by atoms with E-state index in [-0.39, 0.29) is 16.6 Å². The topological polar surface area (TPSA) is 81.9 Å². The first kappa shape index (κ1) is 21.0. The number of amides is 1. The Morgan fingerprint density at radius 1 is 1.00 bits per heavy atom. The van der Waals surface area contributed by atoms with Gasteiger partial charge in [0, 0.05) is 22.8 Å². The number of nitro groups is 1. The van der Waals surface area contributed by atoms with E-state index < -0.39 is 17.1 Å². The van der Waals surface area contributed by atoms with E-state index in [1.54, 1.807) is 60.5 Å². The lowest BCUT2D eigenvalue weighted by atomic mass is 9.89. The normalized spacial score (nSPS) is 17.8. The molecule has 31 heavy (non-hydrogen) atoms. The summed E-state index contributed by atoms with van der Waals surface area (Å²) in [5.41, 5.74) is 1.30. The third-order valence-corrected chi connectivity index (χ3v) is 5.52. The molecule has 1 fully saturated rings. The van der Waals surface area contributed by atoms with Crippen molar-refractivity contribution in [2.24, 2.45) is 0 Å². The summed E-state index contributed by atoms with van der Waals surface area (Å²) in [5, 5.41) is 11.7. The van der Waals surface area contributed by atoms with Gasteiger partial charge in [0.15, 0.2) is 0 Å². The van der Waals surface area contributed by atoms with Crippen LogP contribution in [0.4, 0.5) is 11.4 Å². The van der Waals surface area contributed by atoms with Crippen LogP contribution in [0.3, 0.4) is 0 Å². The van der Waals surface area contributed by atoms with Gasteiger partial charge in [-0.25, -0.2) is 0 Å². The van der Waals surface area contributed by atoms with Crippen molar-refractivity contribution >= 4 is 40.5 Å². The Morgan fingerprint density at radius 2 is 1.68 bits per heavy atom. The monoisotopic (exact) mass is 458 g/mol. The minimum atomic E-state index is -0.859. The Hall–Kier alpha value is -3.29. The summed E-state index contributed by atoms with van der Waals surface area (Å²) in [5.74, 6) is 0.717. The number of hydrogen-bond donors (Lipinski definition) is 0. The Kier molecular flexibility index (Phi) is 5.71. The number of β-lactam (4-membered cyclic amide) rings is 1. The van der Waals surface area contributed by atoms with Crippen molar-refractivity contribution in [1.82, 2.24) is 0 Å². The first-order valence-electron chi connectivity index (χ1n) is 9.22. The molecule has 9 heteroatoms. The molecule has 0 N–H and O–H groups in total. The molecular formula is C22H16Cl2N2O5. The summed E-state index contributed by atoms with van der Waals surface area (Å²) in [6.07, 6.45) is -0.859. The van der Waals surface area contributed by atoms with E-state index in [1.165, 1.54) is 18.2 Å². The maximum atomic E-state index is 13.1. The summed E-state index contributed by atoms with van der Waals surface area (Å²) in [6, 6.07) is 17.3. The number of non-ortho nitro benzene ring substituents is 1. The second-order valence-electron chi connectivity index (χ2n) is 6.81. The lowest BCUT2D eigenvalue weighted by Crippen LogP contribution is -2.61. The molecule has 158 valence electrons. The lowest BCUT2D eigenvalue weighted by Gasteiger charge is -2.46. The molecule has 0 aliphatic carbocycles. The number of hydrogen-bond acceptors (Lipinski definition) is 5. The van der Waals surface area contributed by atoms with Gasteiger partial charge in [-0.1, -0.05) is 23.2 Å². The van der Waals surface area contributed by atoms with Gasteiger partial charge in [-0.15, -0.1) is 0 Å². The number of carbonyl (C=O) groups excluding carboxylic acids is 1. The van der Waals surface area contributed by atoms with Gasteiger partial charge in [0.25, 0.3) is 11.6 Å². The van der Waals surface area contributed by atoms with Gasteiger partial charge in [-0.3, -0.25) is 19.8 Å². The molecule has 1 heterocycles. The second-order valence-corrected chi connectivity index (χ2v) is 7.66. The van der Waals surface area contributed by atoms with Gasteiger partial charge in [0.1, 0.15) is 17.5 Å².